The molecule has 0 saturated carbocycles. The Hall–Kier alpha value is -3.84. The number of aryl methyl sites for hydroxylation is 1. The van der Waals surface area contributed by atoms with Crippen molar-refractivity contribution in [3.05, 3.63) is 58.7 Å². The highest BCUT2D eigenvalue weighted by atomic mass is 32.1. The van der Waals surface area contributed by atoms with Gasteiger partial charge >= 0.3 is 12.3 Å². The van der Waals surface area contributed by atoms with Gasteiger partial charge in [-0.3, -0.25) is 4.79 Å². The maximum atomic E-state index is 14.1. The molecule has 2 aliphatic heterocycles. The highest BCUT2D eigenvalue weighted by Crippen LogP contribution is 2.46. The fraction of sp³-hybridized carbons (Fsp3) is 0.333. The van der Waals surface area contributed by atoms with Crippen molar-refractivity contribution in [2.24, 2.45) is 7.05 Å². The lowest BCUT2D eigenvalue weighted by atomic mass is 9.94. The first-order valence-electron chi connectivity index (χ1n) is 12.8. The maximum absolute atomic E-state index is 14.1. The molecule has 1 amide bonds. The molecule has 0 radical (unpaired) electrons. The molecule has 0 bridgehead atoms. The van der Waals surface area contributed by atoms with Crippen molar-refractivity contribution in [3.8, 4) is 39.6 Å². The Bertz CT molecular complexity index is 1660. The molecule has 0 aliphatic carbocycles. The van der Waals surface area contributed by atoms with Gasteiger partial charge in [-0.15, -0.1) is 0 Å². The summed E-state index contributed by atoms with van der Waals surface area (Å²) in [6.07, 6.45) is -3.56. The van der Waals surface area contributed by atoms with E-state index in [1.165, 1.54) is 16.0 Å². The summed E-state index contributed by atoms with van der Waals surface area (Å²) in [6.45, 7) is -1.84. The third-order valence-electron chi connectivity index (χ3n) is 7.26. The van der Waals surface area contributed by atoms with Crippen molar-refractivity contribution in [3.63, 3.8) is 0 Å². The summed E-state index contributed by atoms with van der Waals surface area (Å²) in [5.74, 6) is -0.143. The number of fused-ring (bicyclic) bond motifs is 3. The smallest absolute Gasteiger partial charge is 0.405 e. The van der Waals surface area contributed by atoms with Crippen LogP contribution in [0.4, 0.5) is 0 Å². The van der Waals surface area contributed by atoms with E-state index in [1.54, 1.807) is 19.2 Å². The zero-order chi connectivity index (χ0) is 30.7. The van der Waals surface area contributed by atoms with Crippen LogP contribution in [0.25, 0.3) is 28.1 Å². The van der Waals surface area contributed by atoms with Crippen LogP contribution in [0.5, 0.6) is 11.5 Å². The number of nitrogens with zero attached hydrogens (tertiary/aromatic N) is 4. The Labute approximate surface area is 247 Å². The molecule has 0 unspecified atom stereocenters. The topological polar surface area (TPSA) is 201 Å². The average Bonchev–Trinajstić information content (AvgIpc) is 3.67. The summed E-state index contributed by atoms with van der Waals surface area (Å²) in [6, 6.07) is 7.30. The predicted molar refractivity (Wildman–Crippen MR) is 147 cm³/mol. The normalized spacial score (nSPS) is 15.7. The van der Waals surface area contributed by atoms with Crippen molar-refractivity contribution < 1.29 is 54.4 Å². The van der Waals surface area contributed by atoms with Gasteiger partial charge in [0.15, 0.2) is 5.69 Å². The second-order valence-corrected chi connectivity index (χ2v) is 11.1. The van der Waals surface area contributed by atoms with E-state index in [0.29, 0.717) is 28.4 Å². The summed E-state index contributed by atoms with van der Waals surface area (Å²) >= 11 is 1.40. The summed E-state index contributed by atoms with van der Waals surface area (Å²) in [5, 5.41) is 67.0. The molecule has 6 N–H and O–H groups in total. The molecule has 0 atom stereocenters. The van der Waals surface area contributed by atoms with Crippen molar-refractivity contribution in [2.45, 2.75) is 24.4 Å². The Morgan fingerprint density at radius 2 is 1.93 bits per heavy atom. The zero-order valence-electron chi connectivity index (χ0n) is 22.9. The first-order chi connectivity index (χ1) is 20.3. The number of ether oxygens (including phenoxy) is 4. The lowest BCUT2D eigenvalue weighted by molar-refractivity contribution is -0.470. The number of aliphatic hydroxyl groups is 6. The third kappa shape index (κ3) is 5.18. The number of methoxy groups -OCH3 is 1. The molecule has 15 nitrogen and oxygen atoms in total. The highest BCUT2D eigenvalue weighted by Gasteiger charge is 2.57. The van der Waals surface area contributed by atoms with Gasteiger partial charge in [-0.1, -0.05) is 0 Å². The number of carbonyl (C=O) groups is 1. The van der Waals surface area contributed by atoms with Gasteiger partial charge in [0.25, 0.3) is 5.91 Å². The van der Waals surface area contributed by atoms with Crippen molar-refractivity contribution in [1.29, 1.82) is 0 Å². The maximum Gasteiger partial charge on any atom is 0.405 e. The number of hydrogen-bond donors (Lipinski definition) is 6. The molecule has 5 heterocycles. The van der Waals surface area contributed by atoms with Gasteiger partial charge in [-0.05, 0) is 23.6 Å². The van der Waals surface area contributed by atoms with E-state index in [4.69, 9.17) is 14.2 Å². The minimum atomic E-state index is -3.77. The van der Waals surface area contributed by atoms with E-state index in [-0.39, 0.29) is 22.8 Å². The largest absolute Gasteiger partial charge is 0.496 e. The molecular weight excluding hydrogens is 588 g/mol. The van der Waals surface area contributed by atoms with Gasteiger partial charge in [-0.25, -0.2) is 9.58 Å². The highest BCUT2D eigenvalue weighted by molar-refractivity contribution is 7.08. The van der Waals surface area contributed by atoms with Crippen LogP contribution in [-0.2, 0) is 23.1 Å². The van der Waals surface area contributed by atoms with Crippen molar-refractivity contribution in [2.75, 3.05) is 26.9 Å². The second kappa shape index (κ2) is 10.4. The molecule has 2 aliphatic rings. The number of aromatic nitrogens is 3. The second-order valence-electron chi connectivity index (χ2n) is 10.3. The molecular formula is C27H28N4O11S. The van der Waals surface area contributed by atoms with Crippen molar-refractivity contribution >= 4 is 17.2 Å². The lowest BCUT2D eigenvalue weighted by Crippen LogP contribution is -2.73. The van der Waals surface area contributed by atoms with Crippen molar-refractivity contribution in [1.82, 2.24) is 19.2 Å². The molecule has 228 valence electrons. The molecule has 43 heavy (non-hydrogen) atoms. The number of carbonyl (C=O) groups excluding carboxylic acids is 1. The molecule has 1 fully saturated rings. The number of amides is 1. The van der Waals surface area contributed by atoms with Gasteiger partial charge in [0.05, 0.1) is 38.3 Å². The van der Waals surface area contributed by atoms with Crippen LogP contribution in [0.3, 0.4) is 0 Å². The van der Waals surface area contributed by atoms with Crippen LogP contribution in [0.2, 0.25) is 0 Å². The van der Waals surface area contributed by atoms with Crippen LogP contribution in [-0.4, -0.2) is 101 Å². The van der Waals surface area contributed by atoms with Crippen LogP contribution >= 0.6 is 11.3 Å². The van der Waals surface area contributed by atoms with E-state index in [1.807, 2.05) is 46.9 Å². The van der Waals surface area contributed by atoms with E-state index < -0.39 is 43.5 Å². The number of benzene rings is 1. The first-order valence-corrected chi connectivity index (χ1v) is 13.8. The average molecular weight is 617 g/mol. The van der Waals surface area contributed by atoms with Crippen LogP contribution < -0.4 is 9.47 Å². The lowest BCUT2D eigenvalue weighted by Gasteiger charge is -2.51. The van der Waals surface area contributed by atoms with Crippen LogP contribution in [0, 0.1) is 0 Å². The molecule has 0 spiro atoms. The van der Waals surface area contributed by atoms with E-state index in [0.717, 1.165) is 11.1 Å². The fourth-order valence-electron chi connectivity index (χ4n) is 5.29. The Balaban J connectivity index is 1.52. The Morgan fingerprint density at radius 1 is 1.16 bits per heavy atom. The molecule has 6 rings (SSSR count). The van der Waals surface area contributed by atoms with Crippen LogP contribution in [0.15, 0.2) is 47.4 Å². The monoisotopic (exact) mass is 616 g/mol. The van der Waals surface area contributed by atoms with Gasteiger partial charge in [0.2, 0.25) is 0 Å². The Kier molecular flexibility index (Phi) is 7.08. The molecule has 1 aromatic carbocycles. The standard InChI is InChI=1S/C27H28N4O11S/c1-29-5-3-15(9-29)17-7-18-21(8-20(17)39-2)41-10-19-22(28-30(23(18)19)16-4-6-43-11-16)24(32)31(26(33,34)35)25(12-40-13-25)14-42-27(36,37)38/h3-9,11,33-38H,10,12-14H2,1-2H3. The van der Waals surface area contributed by atoms with Gasteiger partial charge in [0, 0.05) is 53.1 Å². The van der Waals surface area contributed by atoms with Gasteiger partial charge in [0.1, 0.15) is 23.6 Å². The van der Waals surface area contributed by atoms with E-state index >= 15 is 0 Å². The first kappa shape index (κ1) is 29.2. The summed E-state index contributed by atoms with van der Waals surface area (Å²) in [4.78, 5) is 14.4. The molecule has 16 heteroatoms. The summed E-state index contributed by atoms with van der Waals surface area (Å²) in [7, 11) is 3.44. The number of thiophene rings is 1. The molecule has 4 aromatic rings. The zero-order valence-corrected chi connectivity index (χ0v) is 23.7. The fourth-order valence-corrected chi connectivity index (χ4v) is 5.91. The van der Waals surface area contributed by atoms with E-state index in [2.05, 4.69) is 9.84 Å². The van der Waals surface area contributed by atoms with Gasteiger partial charge < -0.3 is 54.2 Å². The summed E-state index contributed by atoms with van der Waals surface area (Å²) in [5.41, 5.74) is 1.42. The minimum absolute atomic E-state index is 0.155. The minimum Gasteiger partial charge on any atom is -0.496 e. The number of rotatable bonds is 9. The number of hydrogen-bond acceptors (Lipinski definition) is 13. The Morgan fingerprint density at radius 3 is 2.49 bits per heavy atom. The quantitative estimate of drug-likeness (QED) is 0.137. The SMILES string of the molecule is COc1cc2c(cc1-c1ccn(C)c1)-c1c(c(C(=O)N(C(O)(O)O)C3(COC(O)(O)O)COC3)nn1-c1ccsc1)CO2. The van der Waals surface area contributed by atoms with E-state index in [9.17, 15) is 35.4 Å². The molecule has 1 saturated heterocycles. The molecule has 3 aromatic heterocycles. The third-order valence-corrected chi connectivity index (χ3v) is 7.93. The predicted octanol–water partition coefficient (Wildman–Crippen LogP) is -0.0885. The summed E-state index contributed by atoms with van der Waals surface area (Å²) < 4.78 is 24.9. The van der Waals surface area contributed by atoms with Crippen LogP contribution in [0.1, 0.15) is 16.1 Å². The van der Waals surface area contributed by atoms with Gasteiger partial charge in [-0.2, -0.15) is 16.4 Å².